The standard InChI is InChI=1S/C9H13N5O2/c10-8(15)7-5-11-3-4-14(7)9(16)6-1-2-12-13-6/h1-2,7,11H,3-5H2,(H2,10,15)(H,12,13). The Kier molecular flexibility index (Phi) is 2.86. The number of carbonyl (C=O) groups is 2. The predicted octanol–water partition coefficient (Wildman–Crippen LogP) is -1.69. The lowest BCUT2D eigenvalue weighted by molar-refractivity contribution is -0.122. The summed E-state index contributed by atoms with van der Waals surface area (Å²) in [6.45, 7) is 1.52. The zero-order valence-corrected chi connectivity index (χ0v) is 8.64. The monoisotopic (exact) mass is 223 g/mol. The van der Waals surface area contributed by atoms with Gasteiger partial charge in [0.15, 0.2) is 0 Å². The van der Waals surface area contributed by atoms with Gasteiger partial charge in [0, 0.05) is 25.8 Å². The molecule has 1 aromatic rings. The average molecular weight is 223 g/mol. The SMILES string of the molecule is NC(=O)C1CNCCN1C(=O)c1ccn[nH]1. The number of carbonyl (C=O) groups excluding carboxylic acids is 2. The van der Waals surface area contributed by atoms with E-state index >= 15 is 0 Å². The highest BCUT2D eigenvalue weighted by atomic mass is 16.2. The molecule has 7 heteroatoms. The second kappa shape index (κ2) is 4.31. The summed E-state index contributed by atoms with van der Waals surface area (Å²) in [6, 6.07) is 0.979. The molecule has 0 radical (unpaired) electrons. The molecule has 1 unspecified atom stereocenters. The maximum absolute atomic E-state index is 12.0. The number of aromatic amines is 1. The Morgan fingerprint density at radius 2 is 2.38 bits per heavy atom. The van der Waals surface area contributed by atoms with Gasteiger partial charge in [0.2, 0.25) is 5.91 Å². The first-order valence-electron chi connectivity index (χ1n) is 5.00. The Labute approximate surface area is 92.0 Å². The van der Waals surface area contributed by atoms with Crippen LogP contribution in [0.15, 0.2) is 12.3 Å². The van der Waals surface area contributed by atoms with Crippen LogP contribution in [-0.4, -0.2) is 52.6 Å². The number of H-pyrrole nitrogens is 1. The van der Waals surface area contributed by atoms with Crippen molar-refractivity contribution in [2.75, 3.05) is 19.6 Å². The Hall–Kier alpha value is -1.89. The van der Waals surface area contributed by atoms with Crippen LogP contribution < -0.4 is 11.1 Å². The predicted molar refractivity (Wildman–Crippen MR) is 55.5 cm³/mol. The summed E-state index contributed by atoms with van der Waals surface area (Å²) in [5, 5.41) is 9.31. The molecule has 1 aliphatic rings. The molecule has 1 aliphatic heterocycles. The van der Waals surface area contributed by atoms with Gasteiger partial charge in [-0.1, -0.05) is 0 Å². The van der Waals surface area contributed by atoms with Crippen molar-refractivity contribution in [3.63, 3.8) is 0 Å². The first kappa shape index (κ1) is 10.6. The molecule has 2 rings (SSSR count). The van der Waals surface area contributed by atoms with Crippen molar-refractivity contribution in [1.82, 2.24) is 20.4 Å². The van der Waals surface area contributed by atoms with E-state index in [9.17, 15) is 9.59 Å². The van der Waals surface area contributed by atoms with Gasteiger partial charge in [0.25, 0.3) is 5.91 Å². The lowest BCUT2D eigenvalue weighted by Crippen LogP contribution is -2.58. The molecule has 1 atom stereocenters. The van der Waals surface area contributed by atoms with Crippen LogP contribution in [-0.2, 0) is 4.79 Å². The van der Waals surface area contributed by atoms with Gasteiger partial charge >= 0.3 is 0 Å². The highest BCUT2D eigenvalue weighted by Crippen LogP contribution is 2.08. The van der Waals surface area contributed by atoms with Gasteiger partial charge < -0.3 is 16.0 Å². The minimum Gasteiger partial charge on any atom is -0.368 e. The number of amides is 2. The number of hydrogen-bond donors (Lipinski definition) is 3. The number of hydrogen-bond acceptors (Lipinski definition) is 4. The van der Waals surface area contributed by atoms with E-state index in [0.717, 1.165) is 0 Å². The Balaban J connectivity index is 2.17. The molecule has 0 spiro atoms. The van der Waals surface area contributed by atoms with Crippen LogP contribution in [0.2, 0.25) is 0 Å². The quantitative estimate of drug-likeness (QED) is 0.556. The van der Waals surface area contributed by atoms with Gasteiger partial charge in [-0.05, 0) is 6.07 Å². The molecule has 2 heterocycles. The summed E-state index contributed by atoms with van der Waals surface area (Å²) in [6.07, 6.45) is 1.49. The molecule has 1 fully saturated rings. The molecule has 7 nitrogen and oxygen atoms in total. The van der Waals surface area contributed by atoms with Crippen molar-refractivity contribution >= 4 is 11.8 Å². The number of rotatable bonds is 2. The first-order valence-corrected chi connectivity index (χ1v) is 5.00. The van der Waals surface area contributed by atoms with Crippen LogP contribution in [0.25, 0.3) is 0 Å². The Morgan fingerprint density at radius 1 is 1.56 bits per heavy atom. The van der Waals surface area contributed by atoms with E-state index in [1.165, 1.54) is 11.1 Å². The maximum atomic E-state index is 12.0. The summed E-state index contributed by atoms with van der Waals surface area (Å²) in [7, 11) is 0. The maximum Gasteiger partial charge on any atom is 0.272 e. The fourth-order valence-corrected chi connectivity index (χ4v) is 1.73. The number of aromatic nitrogens is 2. The molecule has 16 heavy (non-hydrogen) atoms. The van der Waals surface area contributed by atoms with Crippen LogP contribution in [0.3, 0.4) is 0 Å². The Morgan fingerprint density at radius 3 is 3.00 bits per heavy atom. The van der Waals surface area contributed by atoms with E-state index in [1.54, 1.807) is 6.07 Å². The molecule has 2 amide bonds. The second-order valence-electron chi connectivity index (χ2n) is 3.59. The summed E-state index contributed by atoms with van der Waals surface area (Å²) in [4.78, 5) is 24.7. The summed E-state index contributed by atoms with van der Waals surface area (Å²) >= 11 is 0. The Bertz CT molecular complexity index is 389. The molecular weight excluding hydrogens is 210 g/mol. The molecule has 86 valence electrons. The van der Waals surface area contributed by atoms with E-state index in [4.69, 9.17) is 5.73 Å². The lowest BCUT2D eigenvalue weighted by atomic mass is 10.1. The summed E-state index contributed by atoms with van der Waals surface area (Å²) in [5.41, 5.74) is 5.62. The molecule has 0 aromatic carbocycles. The van der Waals surface area contributed by atoms with Crippen molar-refractivity contribution in [1.29, 1.82) is 0 Å². The van der Waals surface area contributed by atoms with Crippen molar-refractivity contribution in [3.8, 4) is 0 Å². The molecule has 0 saturated carbocycles. The average Bonchev–Trinajstić information content (AvgIpc) is 2.81. The number of piperazine rings is 1. The van der Waals surface area contributed by atoms with Gasteiger partial charge in [0.05, 0.1) is 0 Å². The highest BCUT2D eigenvalue weighted by Gasteiger charge is 2.31. The zero-order chi connectivity index (χ0) is 11.5. The topological polar surface area (TPSA) is 104 Å². The highest BCUT2D eigenvalue weighted by molar-refractivity contribution is 5.96. The molecule has 0 aliphatic carbocycles. The molecule has 1 saturated heterocycles. The third-order valence-electron chi connectivity index (χ3n) is 2.56. The van der Waals surface area contributed by atoms with Gasteiger partial charge in [-0.2, -0.15) is 5.10 Å². The zero-order valence-electron chi connectivity index (χ0n) is 8.64. The molecule has 0 bridgehead atoms. The van der Waals surface area contributed by atoms with Crippen LogP contribution in [0.5, 0.6) is 0 Å². The number of nitrogens with one attached hydrogen (secondary N) is 2. The van der Waals surface area contributed by atoms with Crippen molar-refractivity contribution in [2.45, 2.75) is 6.04 Å². The van der Waals surface area contributed by atoms with Gasteiger partial charge in [-0.25, -0.2) is 0 Å². The van der Waals surface area contributed by atoms with Gasteiger partial charge in [0.1, 0.15) is 11.7 Å². The third-order valence-corrected chi connectivity index (χ3v) is 2.56. The smallest absolute Gasteiger partial charge is 0.272 e. The van der Waals surface area contributed by atoms with E-state index < -0.39 is 11.9 Å². The fourth-order valence-electron chi connectivity index (χ4n) is 1.73. The molecular formula is C9H13N5O2. The van der Waals surface area contributed by atoms with E-state index in [-0.39, 0.29) is 5.91 Å². The van der Waals surface area contributed by atoms with E-state index in [0.29, 0.717) is 25.3 Å². The molecule has 4 N–H and O–H groups in total. The van der Waals surface area contributed by atoms with Crippen LogP contribution in [0.4, 0.5) is 0 Å². The van der Waals surface area contributed by atoms with Crippen LogP contribution >= 0.6 is 0 Å². The fraction of sp³-hybridized carbons (Fsp3) is 0.444. The van der Waals surface area contributed by atoms with E-state index in [2.05, 4.69) is 15.5 Å². The number of nitrogens with zero attached hydrogens (tertiary/aromatic N) is 2. The van der Waals surface area contributed by atoms with Crippen molar-refractivity contribution < 1.29 is 9.59 Å². The van der Waals surface area contributed by atoms with Crippen LogP contribution in [0, 0.1) is 0 Å². The summed E-state index contributed by atoms with van der Waals surface area (Å²) in [5.74, 6) is -0.747. The number of nitrogens with two attached hydrogens (primary N) is 1. The minimum absolute atomic E-state index is 0.247. The third kappa shape index (κ3) is 1.89. The van der Waals surface area contributed by atoms with Crippen LogP contribution in [0.1, 0.15) is 10.5 Å². The number of primary amides is 1. The van der Waals surface area contributed by atoms with Crippen molar-refractivity contribution in [2.24, 2.45) is 5.73 Å². The largest absolute Gasteiger partial charge is 0.368 e. The molecule has 1 aromatic heterocycles. The normalized spacial score (nSPS) is 20.8. The van der Waals surface area contributed by atoms with Crippen molar-refractivity contribution in [3.05, 3.63) is 18.0 Å². The lowest BCUT2D eigenvalue weighted by Gasteiger charge is -2.33. The van der Waals surface area contributed by atoms with E-state index in [1.807, 2.05) is 0 Å². The second-order valence-corrected chi connectivity index (χ2v) is 3.59. The summed E-state index contributed by atoms with van der Waals surface area (Å²) < 4.78 is 0. The van der Waals surface area contributed by atoms with Gasteiger partial charge in [-0.3, -0.25) is 14.7 Å². The van der Waals surface area contributed by atoms with Gasteiger partial charge in [-0.15, -0.1) is 0 Å². The first-order chi connectivity index (χ1) is 7.70. The minimum atomic E-state index is -0.593.